The summed E-state index contributed by atoms with van der Waals surface area (Å²) in [6.45, 7) is 0.740. The molecule has 0 atom stereocenters. The largest absolute Gasteiger partial charge is 0.396 e. The minimum atomic E-state index is -0.373. The second kappa shape index (κ2) is 4.87. The van der Waals surface area contributed by atoms with Gasteiger partial charge in [0.2, 0.25) is 0 Å². The molecule has 2 aromatic rings. The fourth-order valence-electron chi connectivity index (χ4n) is 1.70. The molecule has 88 valence electrons. The Morgan fingerprint density at radius 2 is 1.82 bits per heavy atom. The first kappa shape index (κ1) is 11.5. The van der Waals surface area contributed by atoms with Crippen LogP contribution in [0.3, 0.4) is 0 Å². The fraction of sp³-hybridized carbons (Fsp3) is 0.143. The minimum Gasteiger partial charge on any atom is -0.396 e. The van der Waals surface area contributed by atoms with Crippen molar-refractivity contribution >= 4 is 11.4 Å². The van der Waals surface area contributed by atoms with Gasteiger partial charge in [-0.1, -0.05) is 30.3 Å². The molecule has 2 N–H and O–H groups in total. The molecule has 0 bridgehead atoms. The Morgan fingerprint density at radius 1 is 1.12 bits per heavy atom. The van der Waals surface area contributed by atoms with E-state index >= 15 is 0 Å². The molecule has 0 aliphatic heterocycles. The second-order valence-corrected chi connectivity index (χ2v) is 4.05. The summed E-state index contributed by atoms with van der Waals surface area (Å²) < 4.78 is 13.3. The van der Waals surface area contributed by atoms with E-state index in [1.807, 2.05) is 48.3 Å². The van der Waals surface area contributed by atoms with Crippen LogP contribution in [-0.2, 0) is 6.54 Å². The Labute approximate surface area is 100 Å². The molecule has 0 heterocycles. The third kappa shape index (κ3) is 2.75. The molecule has 0 aliphatic rings. The second-order valence-electron chi connectivity index (χ2n) is 4.05. The van der Waals surface area contributed by atoms with Crippen molar-refractivity contribution in [2.24, 2.45) is 0 Å². The van der Waals surface area contributed by atoms with Crippen LogP contribution < -0.4 is 10.6 Å². The standard InChI is InChI=1S/C14H15FN2/c1-17(10-11-5-3-2-4-6-11)12-7-8-14(16)13(15)9-12/h2-9H,10,16H2,1H3. The molecule has 0 saturated carbocycles. The van der Waals surface area contributed by atoms with Crippen LogP contribution in [0.2, 0.25) is 0 Å². The average Bonchev–Trinajstić information content (AvgIpc) is 2.34. The minimum absolute atomic E-state index is 0.182. The fourth-order valence-corrected chi connectivity index (χ4v) is 1.70. The lowest BCUT2D eigenvalue weighted by Gasteiger charge is -2.19. The summed E-state index contributed by atoms with van der Waals surface area (Å²) in [5, 5.41) is 0. The molecule has 0 unspecified atom stereocenters. The number of halogens is 1. The van der Waals surface area contributed by atoms with E-state index in [1.165, 1.54) is 11.6 Å². The topological polar surface area (TPSA) is 29.3 Å². The lowest BCUT2D eigenvalue weighted by molar-refractivity contribution is 0.632. The third-order valence-electron chi connectivity index (χ3n) is 2.69. The molecule has 0 fully saturated rings. The van der Waals surface area contributed by atoms with Crippen LogP contribution >= 0.6 is 0 Å². The molecule has 2 rings (SSSR count). The van der Waals surface area contributed by atoms with Gasteiger partial charge in [-0.2, -0.15) is 0 Å². The smallest absolute Gasteiger partial charge is 0.148 e. The molecule has 0 amide bonds. The van der Waals surface area contributed by atoms with Gasteiger partial charge in [0.25, 0.3) is 0 Å². The summed E-state index contributed by atoms with van der Waals surface area (Å²) in [5.41, 5.74) is 7.64. The SMILES string of the molecule is CN(Cc1ccccc1)c1ccc(N)c(F)c1. The monoisotopic (exact) mass is 230 g/mol. The Balaban J connectivity index is 2.14. The van der Waals surface area contributed by atoms with Gasteiger partial charge in [0.15, 0.2) is 0 Å². The highest BCUT2D eigenvalue weighted by Gasteiger charge is 2.05. The molecule has 0 saturated heterocycles. The third-order valence-corrected chi connectivity index (χ3v) is 2.69. The maximum absolute atomic E-state index is 13.3. The molecule has 0 spiro atoms. The first-order valence-corrected chi connectivity index (χ1v) is 5.47. The number of hydrogen-bond acceptors (Lipinski definition) is 2. The normalized spacial score (nSPS) is 10.2. The number of hydrogen-bond donors (Lipinski definition) is 1. The van der Waals surface area contributed by atoms with Gasteiger partial charge in [0.05, 0.1) is 5.69 Å². The zero-order valence-electron chi connectivity index (χ0n) is 9.73. The van der Waals surface area contributed by atoms with Gasteiger partial charge in [0, 0.05) is 19.3 Å². The molecule has 0 aliphatic carbocycles. The van der Waals surface area contributed by atoms with Gasteiger partial charge in [-0.05, 0) is 23.8 Å². The molecule has 0 aromatic heterocycles. The first-order valence-electron chi connectivity index (χ1n) is 5.47. The van der Waals surface area contributed by atoms with Crippen molar-refractivity contribution in [1.82, 2.24) is 0 Å². The molecular formula is C14H15FN2. The van der Waals surface area contributed by atoms with E-state index in [2.05, 4.69) is 0 Å². The molecule has 2 nitrogen and oxygen atoms in total. The molecule has 17 heavy (non-hydrogen) atoms. The van der Waals surface area contributed by atoms with Crippen LogP contribution in [0.25, 0.3) is 0 Å². The molecule has 2 aromatic carbocycles. The van der Waals surface area contributed by atoms with Gasteiger partial charge in [-0.15, -0.1) is 0 Å². The highest BCUT2D eigenvalue weighted by Crippen LogP contribution is 2.20. The Kier molecular flexibility index (Phi) is 3.28. The Morgan fingerprint density at radius 3 is 2.47 bits per heavy atom. The number of nitrogens with zero attached hydrogens (tertiary/aromatic N) is 1. The summed E-state index contributed by atoms with van der Waals surface area (Å²) in [5.74, 6) is -0.373. The number of nitrogens with two attached hydrogens (primary N) is 1. The lowest BCUT2D eigenvalue weighted by atomic mass is 10.2. The maximum Gasteiger partial charge on any atom is 0.148 e. The molecule has 0 radical (unpaired) electrons. The lowest BCUT2D eigenvalue weighted by Crippen LogP contribution is -2.16. The number of nitrogen functional groups attached to an aromatic ring is 1. The van der Waals surface area contributed by atoms with Crippen molar-refractivity contribution in [3.63, 3.8) is 0 Å². The van der Waals surface area contributed by atoms with Gasteiger partial charge in [-0.25, -0.2) is 4.39 Å². The predicted molar refractivity (Wildman–Crippen MR) is 69.4 cm³/mol. The van der Waals surface area contributed by atoms with Crippen LogP contribution in [0.1, 0.15) is 5.56 Å². The molecular weight excluding hydrogens is 215 g/mol. The van der Waals surface area contributed by atoms with Gasteiger partial charge >= 0.3 is 0 Å². The van der Waals surface area contributed by atoms with Crippen molar-refractivity contribution in [3.05, 3.63) is 59.9 Å². The first-order chi connectivity index (χ1) is 8.16. The van der Waals surface area contributed by atoms with E-state index in [0.29, 0.717) is 0 Å². The summed E-state index contributed by atoms with van der Waals surface area (Å²) in [4.78, 5) is 1.98. The summed E-state index contributed by atoms with van der Waals surface area (Å²) in [6, 6.07) is 14.9. The summed E-state index contributed by atoms with van der Waals surface area (Å²) in [7, 11) is 1.93. The van der Waals surface area contributed by atoms with E-state index in [9.17, 15) is 4.39 Å². The summed E-state index contributed by atoms with van der Waals surface area (Å²) in [6.07, 6.45) is 0. The van der Waals surface area contributed by atoms with Crippen molar-refractivity contribution in [3.8, 4) is 0 Å². The number of rotatable bonds is 3. The van der Waals surface area contributed by atoms with Gasteiger partial charge in [0.1, 0.15) is 5.82 Å². The van der Waals surface area contributed by atoms with Crippen molar-refractivity contribution in [1.29, 1.82) is 0 Å². The van der Waals surface area contributed by atoms with Crippen molar-refractivity contribution in [2.75, 3.05) is 17.7 Å². The van der Waals surface area contributed by atoms with E-state index in [0.717, 1.165) is 12.2 Å². The van der Waals surface area contributed by atoms with E-state index < -0.39 is 0 Å². The van der Waals surface area contributed by atoms with Crippen molar-refractivity contribution < 1.29 is 4.39 Å². The van der Waals surface area contributed by atoms with Crippen LogP contribution in [-0.4, -0.2) is 7.05 Å². The zero-order valence-corrected chi connectivity index (χ0v) is 9.73. The van der Waals surface area contributed by atoms with E-state index in [-0.39, 0.29) is 11.5 Å². The average molecular weight is 230 g/mol. The maximum atomic E-state index is 13.3. The quantitative estimate of drug-likeness (QED) is 0.821. The Bertz CT molecular complexity index is 497. The zero-order chi connectivity index (χ0) is 12.3. The van der Waals surface area contributed by atoms with Crippen LogP contribution in [0.5, 0.6) is 0 Å². The predicted octanol–water partition coefficient (Wildman–Crippen LogP) is 3.04. The van der Waals surface area contributed by atoms with Crippen LogP contribution in [0.15, 0.2) is 48.5 Å². The van der Waals surface area contributed by atoms with Gasteiger partial charge in [-0.3, -0.25) is 0 Å². The highest BCUT2D eigenvalue weighted by atomic mass is 19.1. The van der Waals surface area contributed by atoms with Crippen LogP contribution in [0.4, 0.5) is 15.8 Å². The molecule has 3 heteroatoms. The van der Waals surface area contributed by atoms with Crippen LogP contribution in [0, 0.1) is 5.82 Å². The Hall–Kier alpha value is -2.03. The summed E-state index contributed by atoms with van der Waals surface area (Å²) >= 11 is 0. The van der Waals surface area contributed by atoms with Gasteiger partial charge < -0.3 is 10.6 Å². The highest BCUT2D eigenvalue weighted by molar-refractivity contribution is 5.53. The van der Waals surface area contributed by atoms with E-state index in [4.69, 9.17) is 5.73 Å². The number of benzene rings is 2. The van der Waals surface area contributed by atoms with E-state index in [1.54, 1.807) is 6.07 Å². The number of anilines is 2. The van der Waals surface area contributed by atoms with Crippen molar-refractivity contribution in [2.45, 2.75) is 6.54 Å².